The van der Waals surface area contributed by atoms with Crippen molar-refractivity contribution in [2.24, 2.45) is 5.10 Å². The molecule has 0 aromatic heterocycles. The molecule has 0 aliphatic carbocycles. The second-order valence-electron chi connectivity index (χ2n) is 1.77. The summed E-state index contributed by atoms with van der Waals surface area (Å²) in [6, 6.07) is 0. The average molecular weight is 140 g/mol. The van der Waals surface area contributed by atoms with Gasteiger partial charge in [0.05, 0.1) is 13.2 Å². The zero-order valence-corrected chi connectivity index (χ0v) is 5.68. The summed E-state index contributed by atoms with van der Waals surface area (Å²) in [5.41, 5.74) is 3.08. The highest BCUT2D eigenvalue weighted by atomic mass is 16.5. The fourth-order valence-electron chi connectivity index (χ4n) is 0.669. The van der Waals surface area contributed by atoms with E-state index in [9.17, 15) is 4.79 Å². The molecule has 0 saturated carbocycles. The molecule has 4 nitrogen and oxygen atoms in total. The highest BCUT2D eigenvalue weighted by molar-refractivity contribution is 6.02. The van der Waals surface area contributed by atoms with Crippen LogP contribution in [0.4, 0.5) is 0 Å². The van der Waals surface area contributed by atoms with Crippen molar-refractivity contribution < 1.29 is 9.53 Å². The maximum Gasteiger partial charge on any atom is 0.246 e. The Labute approximate surface area is 58.6 Å². The Morgan fingerprint density at radius 1 is 1.90 bits per heavy atom. The molecule has 1 aliphatic heterocycles. The van der Waals surface area contributed by atoms with Crippen LogP contribution >= 0.6 is 0 Å². The standard InChI is InChI=1S/C6H8N2O2/c1-2-10-6-5(4-9)3-7-8-6/h7H,2-3H2,1H3. The Balaban J connectivity index is 2.65. The van der Waals surface area contributed by atoms with Crippen LogP contribution in [-0.4, -0.2) is 25.0 Å². The van der Waals surface area contributed by atoms with Gasteiger partial charge in [-0.1, -0.05) is 0 Å². The zero-order valence-electron chi connectivity index (χ0n) is 5.68. The summed E-state index contributed by atoms with van der Waals surface area (Å²) >= 11 is 0. The van der Waals surface area contributed by atoms with Crippen LogP contribution in [0.2, 0.25) is 0 Å². The number of nitrogens with one attached hydrogen (secondary N) is 1. The monoisotopic (exact) mass is 140 g/mol. The van der Waals surface area contributed by atoms with Crippen LogP contribution in [-0.2, 0) is 9.53 Å². The first-order chi connectivity index (χ1) is 4.88. The second-order valence-corrected chi connectivity index (χ2v) is 1.77. The van der Waals surface area contributed by atoms with Crippen molar-refractivity contribution in [3.05, 3.63) is 5.57 Å². The quantitative estimate of drug-likeness (QED) is 0.508. The van der Waals surface area contributed by atoms with E-state index in [0.29, 0.717) is 24.6 Å². The molecule has 0 aromatic carbocycles. The summed E-state index contributed by atoms with van der Waals surface area (Å²) in [4.78, 5) is 10.1. The van der Waals surface area contributed by atoms with Crippen LogP contribution in [0.5, 0.6) is 0 Å². The van der Waals surface area contributed by atoms with E-state index >= 15 is 0 Å². The first-order valence-electron chi connectivity index (χ1n) is 3.06. The number of carbonyl (C=O) groups excluding carboxylic acids is 1. The Kier molecular flexibility index (Phi) is 2.07. The van der Waals surface area contributed by atoms with E-state index < -0.39 is 0 Å². The molecule has 0 bridgehead atoms. The molecule has 1 N–H and O–H groups in total. The van der Waals surface area contributed by atoms with E-state index in [0.717, 1.165) is 0 Å². The highest BCUT2D eigenvalue weighted by Crippen LogP contribution is 1.99. The van der Waals surface area contributed by atoms with Gasteiger partial charge < -0.3 is 10.2 Å². The minimum absolute atomic E-state index is 0.373. The van der Waals surface area contributed by atoms with Crippen LogP contribution in [0.3, 0.4) is 0 Å². The van der Waals surface area contributed by atoms with E-state index in [2.05, 4.69) is 10.5 Å². The Morgan fingerprint density at radius 3 is 3.30 bits per heavy atom. The van der Waals surface area contributed by atoms with Crippen molar-refractivity contribution in [3.63, 3.8) is 0 Å². The predicted octanol–water partition coefficient (Wildman–Crippen LogP) is -0.302. The number of nitrogens with zero attached hydrogens (tertiary/aromatic N) is 1. The number of rotatable bonds is 1. The first-order valence-corrected chi connectivity index (χ1v) is 3.06. The summed E-state index contributed by atoms with van der Waals surface area (Å²) < 4.78 is 4.99. The maximum absolute atomic E-state index is 10.1. The van der Waals surface area contributed by atoms with Gasteiger partial charge in [0.2, 0.25) is 5.90 Å². The second kappa shape index (κ2) is 3.03. The van der Waals surface area contributed by atoms with Gasteiger partial charge in [0.1, 0.15) is 11.5 Å². The number of hydrogen-bond acceptors (Lipinski definition) is 4. The van der Waals surface area contributed by atoms with Crippen LogP contribution in [0.1, 0.15) is 6.92 Å². The summed E-state index contributed by atoms with van der Waals surface area (Å²) in [6.07, 6.45) is 0. The third-order valence-corrected chi connectivity index (χ3v) is 1.10. The third kappa shape index (κ3) is 1.17. The van der Waals surface area contributed by atoms with E-state index in [-0.39, 0.29) is 0 Å². The lowest BCUT2D eigenvalue weighted by Crippen LogP contribution is -2.06. The summed E-state index contributed by atoms with van der Waals surface area (Å²) in [5.74, 6) is 2.12. The Morgan fingerprint density at radius 2 is 2.70 bits per heavy atom. The minimum atomic E-state index is 0.373. The molecule has 4 heteroatoms. The van der Waals surface area contributed by atoms with Gasteiger partial charge in [0, 0.05) is 0 Å². The number of ether oxygens (including phenoxy) is 1. The zero-order chi connectivity index (χ0) is 7.40. The smallest absolute Gasteiger partial charge is 0.246 e. The van der Waals surface area contributed by atoms with Crippen LogP contribution in [0.15, 0.2) is 10.7 Å². The summed E-state index contributed by atoms with van der Waals surface area (Å²) in [7, 11) is 0. The SMILES string of the molecule is CCOC1=NNCC1=C=O. The van der Waals surface area contributed by atoms with E-state index in [1.807, 2.05) is 6.92 Å². The maximum atomic E-state index is 10.1. The average Bonchev–Trinajstić information content (AvgIpc) is 2.36. The first kappa shape index (κ1) is 6.83. The molecule has 0 unspecified atom stereocenters. The van der Waals surface area contributed by atoms with Gasteiger partial charge in [-0.05, 0) is 6.92 Å². The molecule has 0 atom stereocenters. The lowest BCUT2D eigenvalue weighted by atomic mass is 10.3. The number of hydrogen-bond donors (Lipinski definition) is 1. The molecule has 0 aromatic rings. The molecular weight excluding hydrogens is 132 g/mol. The van der Waals surface area contributed by atoms with Gasteiger partial charge in [0.15, 0.2) is 0 Å². The van der Waals surface area contributed by atoms with Gasteiger partial charge in [0.25, 0.3) is 0 Å². The fraction of sp³-hybridized carbons (Fsp3) is 0.500. The largest absolute Gasteiger partial charge is 0.476 e. The molecular formula is C6H8N2O2. The van der Waals surface area contributed by atoms with Crippen molar-refractivity contribution in [1.82, 2.24) is 5.43 Å². The molecule has 1 heterocycles. The van der Waals surface area contributed by atoms with Crippen molar-refractivity contribution in [2.45, 2.75) is 6.92 Å². The molecule has 0 spiro atoms. The fourth-order valence-corrected chi connectivity index (χ4v) is 0.669. The molecule has 54 valence electrons. The Bertz CT molecular complexity index is 204. The van der Waals surface area contributed by atoms with Gasteiger partial charge in [-0.25, -0.2) is 4.79 Å². The van der Waals surface area contributed by atoms with Crippen molar-refractivity contribution >= 4 is 11.8 Å². The van der Waals surface area contributed by atoms with E-state index in [1.165, 1.54) is 0 Å². The molecule has 1 rings (SSSR count). The minimum Gasteiger partial charge on any atom is -0.476 e. The molecule has 0 fully saturated rings. The molecule has 1 aliphatic rings. The van der Waals surface area contributed by atoms with Crippen LogP contribution in [0.25, 0.3) is 0 Å². The molecule has 10 heavy (non-hydrogen) atoms. The third-order valence-electron chi connectivity index (χ3n) is 1.10. The van der Waals surface area contributed by atoms with E-state index in [4.69, 9.17) is 4.74 Å². The molecule has 0 radical (unpaired) electrons. The Hall–Kier alpha value is -1.28. The lowest BCUT2D eigenvalue weighted by molar-refractivity contribution is 0.328. The predicted molar refractivity (Wildman–Crippen MR) is 36.3 cm³/mol. The van der Waals surface area contributed by atoms with Gasteiger partial charge >= 0.3 is 0 Å². The van der Waals surface area contributed by atoms with Crippen LogP contribution < -0.4 is 5.43 Å². The van der Waals surface area contributed by atoms with Crippen molar-refractivity contribution in [1.29, 1.82) is 0 Å². The van der Waals surface area contributed by atoms with Crippen molar-refractivity contribution in [2.75, 3.05) is 13.2 Å². The molecule has 0 saturated heterocycles. The topological polar surface area (TPSA) is 50.7 Å². The normalized spacial score (nSPS) is 15.7. The molecule has 0 amide bonds. The van der Waals surface area contributed by atoms with Gasteiger partial charge in [-0.15, -0.1) is 5.10 Å². The summed E-state index contributed by atoms with van der Waals surface area (Å²) in [5, 5.41) is 3.72. The number of hydrazone groups is 1. The van der Waals surface area contributed by atoms with Gasteiger partial charge in [-0.3, -0.25) is 0 Å². The van der Waals surface area contributed by atoms with E-state index in [1.54, 1.807) is 5.94 Å². The summed E-state index contributed by atoms with van der Waals surface area (Å²) in [6.45, 7) is 2.79. The lowest BCUT2D eigenvalue weighted by Gasteiger charge is -1.97. The van der Waals surface area contributed by atoms with Gasteiger partial charge in [-0.2, -0.15) is 0 Å². The van der Waals surface area contributed by atoms with Crippen molar-refractivity contribution in [3.8, 4) is 0 Å². The highest BCUT2D eigenvalue weighted by Gasteiger charge is 2.14. The van der Waals surface area contributed by atoms with Crippen LogP contribution in [0, 0.1) is 0 Å².